The van der Waals surface area contributed by atoms with Gasteiger partial charge in [0.15, 0.2) is 0 Å². The van der Waals surface area contributed by atoms with E-state index in [4.69, 9.17) is 4.74 Å². The lowest BCUT2D eigenvalue weighted by Crippen LogP contribution is -2.51. The normalized spacial score (nSPS) is 14.9. The number of rotatable bonds is 6. The zero-order chi connectivity index (χ0) is 18.2. The van der Waals surface area contributed by atoms with Crippen LogP contribution in [0.5, 0.6) is 5.75 Å². The average Bonchev–Trinajstić information content (AvgIpc) is 2.69. The summed E-state index contributed by atoms with van der Waals surface area (Å²) >= 11 is 0. The van der Waals surface area contributed by atoms with Crippen LogP contribution in [0.25, 0.3) is 0 Å². The predicted molar refractivity (Wildman–Crippen MR) is 103 cm³/mol. The Balaban J connectivity index is 1.38. The van der Waals surface area contributed by atoms with Crippen molar-refractivity contribution < 1.29 is 9.53 Å². The van der Waals surface area contributed by atoms with Crippen molar-refractivity contribution >= 4 is 6.03 Å². The number of hydrogen-bond donors (Lipinski definition) is 1. The topological polar surface area (TPSA) is 44.8 Å². The van der Waals surface area contributed by atoms with Crippen molar-refractivity contribution in [3.05, 3.63) is 65.7 Å². The third-order valence-corrected chi connectivity index (χ3v) is 4.73. The minimum Gasteiger partial charge on any atom is -0.497 e. The predicted octanol–water partition coefficient (Wildman–Crippen LogP) is 2.77. The maximum atomic E-state index is 12.3. The van der Waals surface area contributed by atoms with Crippen LogP contribution in [0.4, 0.5) is 4.79 Å². The van der Waals surface area contributed by atoms with Gasteiger partial charge in [-0.05, 0) is 29.7 Å². The van der Waals surface area contributed by atoms with Crippen LogP contribution in [0, 0.1) is 0 Å². The van der Waals surface area contributed by atoms with Gasteiger partial charge in [0.1, 0.15) is 5.75 Å². The molecule has 0 spiro atoms. The van der Waals surface area contributed by atoms with E-state index in [1.54, 1.807) is 7.11 Å². The number of amides is 2. The van der Waals surface area contributed by atoms with E-state index >= 15 is 0 Å². The molecule has 0 bridgehead atoms. The van der Waals surface area contributed by atoms with Crippen LogP contribution in [-0.2, 0) is 13.0 Å². The molecule has 1 heterocycles. The Morgan fingerprint density at radius 1 is 1.00 bits per heavy atom. The molecule has 3 rings (SSSR count). The Morgan fingerprint density at radius 3 is 2.46 bits per heavy atom. The molecule has 2 amide bonds. The van der Waals surface area contributed by atoms with E-state index in [2.05, 4.69) is 40.5 Å². The summed E-state index contributed by atoms with van der Waals surface area (Å²) in [5.41, 5.74) is 2.49. The highest BCUT2D eigenvalue weighted by Gasteiger charge is 2.20. The fraction of sp³-hybridized carbons (Fsp3) is 0.381. The molecule has 2 aromatic carbocycles. The lowest BCUT2D eigenvalue weighted by molar-refractivity contribution is 0.135. The van der Waals surface area contributed by atoms with Gasteiger partial charge in [0.25, 0.3) is 0 Å². The molecule has 26 heavy (non-hydrogen) atoms. The molecule has 1 aliphatic rings. The van der Waals surface area contributed by atoms with Crippen LogP contribution in [0.3, 0.4) is 0 Å². The molecule has 5 nitrogen and oxygen atoms in total. The number of hydrogen-bond acceptors (Lipinski definition) is 3. The van der Waals surface area contributed by atoms with E-state index in [1.165, 1.54) is 5.56 Å². The second kappa shape index (κ2) is 9.25. The summed E-state index contributed by atoms with van der Waals surface area (Å²) in [6, 6.07) is 18.5. The summed E-state index contributed by atoms with van der Waals surface area (Å²) in [6.07, 6.45) is 0.802. The number of urea groups is 1. The standard InChI is InChI=1S/C21H27N3O2/c1-26-20-9-5-8-18(16-20)10-11-22-21(25)24-14-12-23(13-15-24)17-19-6-3-2-4-7-19/h2-9,16H,10-15,17H2,1H3,(H,22,25). The Hall–Kier alpha value is -2.53. The van der Waals surface area contributed by atoms with Gasteiger partial charge >= 0.3 is 6.03 Å². The lowest BCUT2D eigenvalue weighted by atomic mass is 10.1. The van der Waals surface area contributed by atoms with Gasteiger partial charge in [-0.15, -0.1) is 0 Å². The van der Waals surface area contributed by atoms with Gasteiger partial charge in [0.05, 0.1) is 7.11 Å². The van der Waals surface area contributed by atoms with Crippen LogP contribution in [0.1, 0.15) is 11.1 Å². The molecule has 0 saturated carbocycles. The summed E-state index contributed by atoms with van der Waals surface area (Å²) in [4.78, 5) is 16.7. The first-order valence-electron chi connectivity index (χ1n) is 9.16. The molecule has 1 aliphatic heterocycles. The number of methoxy groups -OCH3 is 1. The van der Waals surface area contributed by atoms with E-state index in [0.717, 1.165) is 50.5 Å². The van der Waals surface area contributed by atoms with Crippen LogP contribution in [0.2, 0.25) is 0 Å². The van der Waals surface area contributed by atoms with E-state index in [-0.39, 0.29) is 6.03 Å². The van der Waals surface area contributed by atoms with Gasteiger partial charge in [-0.3, -0.25) is 4.90 Å². The number of carbonyl (C=O) groups excluding carboxylic acids is 1. The Bertz CT molecular complexity index is 697. The molecule has 1 fully saturated rings. The third kappa shape index (κ3) is 5.23. The molecule has 1 saturated heterocycles. The number of nitrogens with zero attached hydrogens (tertiary/aromatic N) is 2. The van der Waals surface area contributed by atoms with Crippen molar-refractivity contribution in [1.82, 2.24) is 15.1 Å². The molecule has 138 valence electrons. The molecule has 0 unspecified atom stereocenters. The minimum atomic E-state index is 0.0345. The molecule has 0 radical (unpaired) electrons. The Kier molecular flexibility index (Phi) is 6.50. The quantitative estimate of drug-likeness (QED) is 0.869. The number of benzene rings is 2. The molecular formula is C21H27N3O2. The highest BCUT2D eigenvalue weighted by Crippen LogP contribution is 2.13. The van der Waals surface area contributed by atoms with Gasteiger partial charge in [0, 0.05) is 39.3 Å². The van der Waals surface area contributed by atoms with Crippen molar-refractivity contribution in [1.29, 1.82) is 0 Å². The number of nitrogens with one attached hydrogen (secondary N) is 1. The number of carbonyl (C=O) groups is 1. The van der Waals surface area contributed by atoms with E-state index < -0.39 is 0 Å². The second-order valence-corrected chi connectivity index (χ2v) is 6.58. The smallest absolute Gasteiger partial charge is 0.317 e. The fourth-order valence-electron chi connectivity index (χ4n) is 3.20. The van der Waals surface area contributed by atoms with Gasteiger partial charge < -0.3 is 15.0 Å². The highest BCUT2D eigenvalue weighted by molar-refractivity contribution is 5.74. The van der Waals surface area contributed by atoms with Crippen molar-refractivity contribution in [2.75, 3.05) is 39.8 Å². The first-order valence-corrected chi connectivity index (χ1v) is 9.16. The average molecular weight is 353 g/mol. The summed E-state index contributed by atoms with van der Waals surface area (Å²) < 4.78 is 5.23. The zero-order valence-electron chi connectivity index (χ0n) is 15.4. The molecule has 2 aromatic rings. The lowest BCUT2D eigenvalue weighted by Gasteiger charge is -2.34. The third-order valence-electron chi connectivity index (χ3n) is 4.73. The van der Waals surface area contributed by atoms with Gasteiger partial charge in [-0.1, -0.05) is 42.5 Å². The summed E-state index contributed by atoms with van der Waals surface area (Å²) in [6.45, 7) is 4.97. The number of ether oxygens (including phenoxy) is 1. The maximum absolute atomic E-state index is 12.3. The fourth-order valence-corrected chi connectivity index (χ4v) is 3.20. The highest BCUT2D eigenvalue weighted by atomic mass is 16.5. The largest absolute Gasteiger partial charge is 0.497 e. The van der Waals surface area contributed by atoms with Gasteiger partial charge in [-0.25, -0.2) is 4.79 Å². The van der Waals surface area contributed by atoms with Gasteiger partial charge in [0.2, 0.25) is 0 Å². The molecule has 5 heteroatoms. The summed E-state index contributed by atoms with van der Waals surface area (Å²) in [5, 5.41) is 3.03. The van der Waals surface area contributed by atoms with Crippen LogP contribution >= 0.6 is 0 Å². The first kappa shape index (κ1) is 18.3. The monoisotopic (exact) mass is 353 g/mol. The molecule has 1 N–H and O–H groups in total. The second-order valence-electron chi connectivity index (χ2n) is 6.58. The maximum Gasteiger partial charge on any atom is 0.317 e. The molecule has 0 atom stereocenters. The minimum absolute atomic E-state index is 0.0345. The zero-order valence-corrected chi connectivity index (χ0v) is 15.4. The van der Waals surface area contributed by atoms with Crippen molar-refractivity contribution in [2.24, 2.45) is 0 Å². The Labute approximate surface area is 155 Å². The molecule has 0 aromatic heterocycles. The van der Waals surface area contributed by atoms with Crippen LogP contribution in [-0.4, -0.2) is 55.7 Å². The number of piperazine rings is 1. The van der Waals surface area contributed by atoms with E-state index in [9.17, 15) is 4.79 Å². The Morgan fingerprint density at radius 2 is 1.73 bits per heavy atom. The van der Waals surface area contributed by atoms with Crippen molar-refractivity contribution in [3.8, 4) is 5.75 Å². The summed E-state index contributed by atoms with van der Waals surface area (Å²) in [7, 11) is 1.67. The SMILES string of the molecule is COc1cccc(CCNC(=O)N2CCN(Cc3ccccc3)CC2)c1. The summed E-state index contributed by atoms with van der Waals surface area (Å²) in [5.74, 6) is 0.850. The van der Waals surface area contributed by atoms with Gasteiger partial charge in [-0.2, -0.15) is 0 Å². The van der Waals surface area contributed by atoms with Crippen molar-refractivity contribution in [2.45, 2.75) is 13.0 Å². The molecular weight excluding hydrogens is 326 g/mol. The first-order chi connectivity index (χ1) is 12.7. The van der Waals surface area contributed by atoms with Crippen molar-refractivity contribution in [3.63, 3.8) is 0 Å². The van der Waals surface area contributed by atoms with E-state index in [1.807, 2.05) is 29.2 Å². The van der Waals surface area contributed by atoms with Crippen LogP contribution < -0.4 is 10.1 Å². The molecule has 0 aliphatic carbocycles. The van der Waals surface area contributed by atoms with Crippen LogP contribution in [0.15, 0.2) is 54.6 Å². The van der Waals surface area contributed by atoms with E-state index in [0.29, 0.717) is 6.54 Å².